The maximum atomic E-state index is 14.1. The summed E-state index contributed by atoms with van der Waals surface area (Å²) in [5, 5.41) is 0. The van der Waals surface area contributed by atoms with Gasteiger partial charge in [-0.1, -0.05) is 15.9 Å². The van der Waals surface area contributed by atoms with Gasteiger partial charge in [-0.3, -0.25) is 4.79 Å². The summed E-state index contributed by atoms with van der Waals surface area (Å²) in [6.45, 7) is 0. The minimum Gasteiger partial charge on any atom is -0.331 e. The lowest BCUT2D eigenvalue weighted by Gasteiger charge is -2.40. The van der Waals surface area contributed by atoms with Crippen molar-refractivity contribution in [2.45, 2.75) is 43.8 Å². The predicted octanol–water partition coefficient (Wildman–Crippen LogP) is 2.74. The molecule has 0 bridgehead atoms. The van der Waals surface area contributed by atoms with E-state index in [2.05, 4.69) is 15.9 Å². The van der Waals surface area contributed by atoms with Gasteiger partial charge in [0.1, 0.15) is 5.82 Å². The zero-order chi connectivity index (χ0) is 13.6. The highest BCUT2D eigenvalue weighted by Crippen LogP contribution is 2.41. The van der Waals surface area contributed by atoms with Crippen molar-refractivity contribution in [3.05, 3.63) is 34.1 Å². The third-order valence-electron chi connectivity index (χ3n) is 3.90. The molecule has 3 nitrogen and oxygen atoms in total. The fourth-order valence-electron chi connectivity index (χ4n) is 2.84. The maximum absolute atomic E-state index is 14.1. The normalized spacial score (nSPS) is 27.7. The van der Waals surface area contributed by atoms with Crippen LogP contribution in [-0.4, -0.2) is 22.9 Å². The summed E-state index contributed by atoms with van der Waals surface area (Å²) >= 11 is 3.36. The van der Waals surface area contributed by atoms with Gasteiger partial charge in [-0.05, 0) is 37.5 Å². The monoisotopic (exact) mass is 326 g/mol. The first kappa shape index (κ1) is 13.1. The number of rotatable bonds is 2. The average Bonchev–Trinajstić information content (AvgIpc) is 3.19. The number of nitrogens with zero attached hydrogens (tertiary/aromatic N) is 1. The molecule has 1 amide bonds. The minimum absolute atomic E-state index is 0.105. The number of piperidine rings is 1. The molecule has 5 heteroatoms. The third-order valence-corrected chi connectivity index (χ3v) is 4.39. The molecule has 0 aromatic heterocycles. The topological polar surface area (TPSA) is 46.3 Å². The highest BCUT2D eigenvalue weighted by Gasteiger charge is 2.43. The lowest BCUT2D eigenvalue weighted by Crippen LogP contribution is -2.50. The van der Waals surface area contributed by atoms with Crippen molar-refractivity contribution in [1.29, 1.82) is 0 Å². The SMILES string of the molecule is NC1CCC(=O)N(C2CC2)C1c1cc(Br)ccc1F. The molecule has 2 N–H and O–H groups in total. The van der Waals surface area contributed by atoms with Crippen LogP contribution < -0.4 is 5.73 Å². The first-order chi connectivity index (χ1) is 9.08. The number of likely N-dealkylation sites (tertiary alicyclic amines) is 1. The smallest absolute Gasteiger partial charge is 0.223 e. The van der Waals surface area contributed by atoms with Crippen LogP contribution in [0.5, 0.6) is 0 Å². The first-order valence-corrected chi connectivity index (χ1v) is 7.39. The molecule has 1 aromatic carbocycles. The molecule has 1 heterocycles. The van der Waals surface area contributed by atoms with Gasteiger partial charge in [0.2, 0.25) is 5.91 Å². The van der Waals surface area contributed by atoms with Gasteiger partial charge < -0.3 is 10.6 Å². The zero-order valence-corrected chi connectivity index (χ0v) is 12.1. The third kappa shape index (κ3) is 2.41. The predicted molar refractivity (Wildman–Crippen MR) is 73.9 cm³/mol. The Kier molecular flexibility index (Phi) is 3.35. The molecular formula is C14H16BrFN2O. The number of nitrogens with two attached hydrogens (primary N) is 1. The molecule has 3 rings (SSSR count). The maximum Gasteiger partial charge on any atom is 0.223 e. The van der Waals surface area contributed by atoms with Gasteiger partial charge in [0, 0.05) is 28.5 Å². The minimum atomic E-state index is -0.328. The second-order valence-electron chi connectivity index (χ2n) is 5.35. The van der Waals surface area contributed by atoms with Crippen molar-refractivity contribution >= 4 is 21.8 Å². The Morgan fingerprint density at radius 1 is 1.32 bits per heavy atom. The van der Waals surface area contributed by atoms with Crippen LogP contribution in [0, 0.1) is 5.82 Å². The van der Waals surface area contributed by atoms with E-state index in [0.717, 1.165) is 17.3 Å². The van der Waals surface area contributed by atoms with Crippen LogP contribution in [0.4, 0.5) is 4.39 Å². The van der Waals surface area contributed by atoms with Gasteiger partial charge in [0.15, 0.2) is 0 Å². The zero-order valence-electron chi connectivity index (χ0n) is 10.5. The van der Waals surface area contributed by atoms with Gasteiger partial charge >= 0.3 is 0 Å². The van der Waals surface area contributed by atoms with E-state index in [1.807, 2.05) is 4.90 Å². The van der Waals surface area contributed by atoms with E-state index in [0.29, 0.717) is 18.4 Å². The quantitative estimate of drug-likeness (QED) is 0.908. The van der Waals surface area contributed by atoms with Gasteiger partial charge in [-0.2, -0.15) is 0 Å². The Morgan fingerprint density at radius 3 is 2.74 bits per heavy atom. The molecule has 2 fully saturated rings. The molecule has 1 aliphatic heterocycles. The molecule has 0 spiro atoms. The summed E-state index contributed by atoms with van der Waals surface area (Å²) in [5.74, 6) is -0.183. The van der Waals surface area contributed by atoms with Gasteiger partial charge in [-0.25, -0.2) is 4.39 Å². The van der Waals surface area contributed by atoms with Crippen LogP contribution >= 0.6 is 15.9 Å². The van der Waals surface area contributed by atoms with E-state index in [4.69, 9.17) is 5.73 Å². The molecule has 1 aromatic rings. The lowest BCUT2D eigenvalue weighted by molar-refractivity contribution is -0.138. The summed E-state index contributed by atoms with van der Waals surface area (Å²) in [5.41, 5.74) is 6.70. The van der Waals surface area contributed by atoms with Gasteiger partial charge in [0.05, 0.1) is 6.04 Å². The average molecular weight is 327 g/mol. The van der Waals surface area contributed by atoms with Gasteiger partial charge in [0.25, 0.3) is 0 Å². The Hall–Kier alpha value is -0.940. The van der Waals surface area contributed by atoms with Crippen molar-refractivity contribution < 1.29 is 9.18 Å². The highest BCUT2D eigenvalue weighted by molar-refractivity contribution is 9.10. The standard InChI is InChI=1S/C14H16BrFN2O/c15-8-1-4-11(16)10(7-8)14-12(17)5-6-13(19)18(14)9-2-3-9/h1,4,7,9,12,14H,2-3,5-6,17H2. The molecule has 2 atom stereocenters. The van der Waals surface area contributed by atoms with E-state index in [-0.39, 0.29) is 29.8 Å². The van der Waals surface area contributed by atoms with Gasteiger partial charge in [-0.15, -0.1) is 0 Å². The van der Waals surface area contributed by atoms with E-state index >= 15 is 0 Å². The Bertz CT molecular complexity index is 518. The van der Waals surface area contributed by atoms with Crippen LogP contribution in [0.1, 0.15) is 37.3 Å². The molecular weight excluding hydrogens is 311 g/mol. The Labute approximate surface area is 120 Å². The summed E-state index contributed by atoms with van der Waals surface area (Å²) in [6, 6.07) is 4.57. The molecule has 0 radical (unpaired) electrons. The number of amides is 1. The van der Waals surface area contributed by atoms with Crippen molar-refractivity contribution in [2.24, 2.45) is 5.73 Å². The van der Waals surface area contributed by atoms with Crippen LogP contribution in [0.25, 0.3) is 0 Å². The molecule has 102 valence electrons. The van der Waals surface area contributed by atoms with Crippen molar-refractivity contribution in [2.75, 3.05) is 0 Å². The van der Waals surface area contributed by atoms with Crippen LogP contribution in [0.2, 0.25) is 0 Å². The highest BCUT2D eigenvalue weighted by atomic mass is 79.9. The Balaban J connectivity index is 2.02. The van der Waals surface area contributed by atoms with Crippen LogP contribution in [-0.2, 0) is 4.79 Å². The van der Waals surface area contributed by atoms with Crippen molar-refractivity contribution in [3.63, 3.8) is 0 Å². The molecule has 19 heavy (non-hydrogen) atoms. The largest absolute Gasteiger partial charge is 0.331 e. The number of carbonyl (C=O) groups excluding carboxylic acids is 1. The first-order valence-electron chi connectivity index (χ1n) is 6.59. The summed E-state index contributed by atoms with van der Waals surface area (Å²) in [7, 11) is 0. The van der Waals surface area contributed by atoms with Crippen LogP contribution in [0.15, 0.2) is 22.7 Å². The molecule has 2 aliphatic rings. The summed E-state index contributed by atoms with van der Waals surface area (Å²) in [6.07, 6.45) is 3.11. The number of halogens is 2. The molecule has 1 saturated carbocycles. The van der Waals surface area contributed by atoms with E-state index < -0.39 is 0 Å². The molecule has 1 saturated heterocycles. The molecule has 1 aliphatic carbocycles. The van der Waals surface area contributed by atoms with Crippen molar-refractivity contribution in [3.8, 4) is 0 Å². The van der Waals surface area contributed by atoms with Crippen LogP contribution in [0.3, 0.4) is 0 Å². The number of benzene rings is 1. The summed E-state index contributed by atoms with van der Waals surface area (Å²) in [4.78, 5) is 14.0. The summed E-state index contributed by atoms with van der Waals surface area (Å²) < 4.78 is 14.9. The fourth-order valence-corrected chi connectivity index (χ4v) is 3.22. The molecule has 2 unspecified atom stereocenters. The number of carbonyl (C=O) groups is 1. The van der Waals surface area contributed by atoms with Crippen molar-refractivity contribution in [1.82, 2.24) is 4.90 Å². The van der Waals surface area contributed by atoms with E-state index in [9.17, 15) is 9.18 Å². The van der Waals surface area contributed by atoms with E-state index in [1.54, 1.807) is 12.1 Å². The fraction of sp³-hybridized carbons (Fsp3) is 0.500. The number of hydrogen-bond acceptors (Lipinski definition) is 2. The van der Waals surface area contributed by atoms with E-state index in [1.165, 1.54) is 6.07 Å². The second-order valence-corrected chi connectivity index (χ2v) is 6.26. The number of hydrogen-bond donors (Lipinski definition) is 1. The second kappa shape index (κ2) is 4.87. The Morgan fingerprint density at radius 2 is 2.05 bits per heavy atom. The lowest BCUT2D eigenvalue weighted by atomic mass is 9.90.